The number of ether oxygens (including phenoxy) is 3. The Hall–Kier alpha value is -3.39. The molecule has 0 aromatic heterocycles. The summed E-state index contributed by atoms with van der Waals surface area (Å²) >= 11 is 0. The number of carbonyl (C=O) groups excluding carboxylic acids is 3. The number of halogens is 2. The van der Waals surface area contributed by atoms with Crippen LogP contribution in [-0.2, 0) is 25.1 Å². The number of aryl methyl sites for hydroxylation is 1. The van der Waals surface area contributed by atoms with E-state index in [1.165, 1.54) is 12.1 Å². The molecule has 2 heterocycles. The summed E-state index contributed by atoms with van der Waals surface area (Å²) in [6, 6.07) is 6.80. The Morgan fingerprint density at radius 3 is 2.22 bits per heavy atom. The second kappa shape index (κ2) is 18.2. The number of amides is 3. The zero-order valence-electron chi connectivity index (χ0n) is 34.7. The second-order valence-corrected chi connectivity index (χ2v) is 22.4. The van der Waals surface area contributed by atoms with Gasteiger partial charge in [0.1, 0.15) is 17.2 Å². The molecule has 0 saturated carbocycles. The number of hydrogen-bond donors (Lipinski definition) is 1. The Kier molecular flexibility index (Phi) is 14.7. The van der Waals surface area contributed by atoms with E-state index in [-0.39, 0.29) is 41.6 Å². The van der Waals surface area contributed by atoms with E-state index in [1.807, 2.05) is 13.8 Å². The predicted octanol–water partition coefficient (Wildman–Crippen LogP) is 8.06. The summed E-state index contributed by atoms with van der Waals surface area (Å²) in [4.78, 5) is 45.7. The highest BCUT2D eigenvalue weighted by Crippen LogP contribution is 2.40. The fraction of sp³-hybridized carbons (Fsp3) is 0.643. The molecule has 0 spiro atoms. The molecule has 55 heavy (non-hydrogen) atoms. The quantitative estimate of drug-likeness (QED) is 0.193. The molecule has 2 aliphatic heterocycles. The Balaban J connectivity index is 1.82. The molecule has 0 aliphatic carbocycles. The number of benzene rings is 2. The smallest absolute Gasteiger partial charge is 0.410 e. The molecule has 13 heteroatoms. The van der Waals surface area contributed by atoms with E-state index >= 15 is 0 Å². The molecular formula is C42H63F2N3O7Si. The normalized spacial score (nSPS) is 20.4. The molecule has 2 unspecified atom stereocenters. The van der Waals surface area contributed by atoms with Gasteiger partial charge in [0.15, 0.2) is 8.32 Å². The summed E-state index contributed by atoms with van der Waals surface area (Å²) in [7, 11) is -1.05. The Bertz CT molecular complexity index is 1640. The van der Waals surface area contributed by atoms with E-state index in [0.717, 1.165) is 30.9 Å². The van der Waals surface area contributed by atoms with Crippen molar-refractivity contribution in [2.75, 3.05) is 33.4 Å². The SMILES string of the molecule is CCCOC1CC([C@@H](O[Si](C)(C)C(C)(C)C)[C@H](Cc2cc(F)cc(F)c2)NC(=O)c2cc(C)cc(C(=O)N3CCC[C@@H]3COC)c2)N(C(=O)OC(C)(C)C)C1. The number of nitrogens with zero attached hydrogens (tertiary/aromatic N) is 2. The van der Waals surface area contributed by atoms with E-state index in [0.29, 0.717) is 37.3 Å². The van der Waals surface area contributed by atoms with Crippen molar-refractivity contribution < 1.29 is 41.8 Å². The first-order valence-corrected chi connectivity index (χ1v) is 22.5. The number of rotatable bonds is 14. The van der Waals surface area contributed by atoms with Crippen LogP contribution in [0.3, 0.4) is 0 Å². The van der Waals surface area contributed by atoms with Crippen molar-refractivity contribution >= 4 is 26.2 Å². The van der Waals surface area contributed by atoms with Gasteiger partial charge in [0, 0.05) is 37.5 Å². The molecule has 0 radical (unpaired) electrons. The van der Waals surface area contributed by atoms with Crippen molar-refractivity contribution in [1.29, 1.82) is 0 Å². The Morgan fingerprint density at radius 1 is 0.964 bits per heavy atom. The van der Waals surface area contributed by atoms with E-state index in [9.17, 15) is 23.2 Å². The highest BCUT2D eigenvalue weighted by Gasteiger charge is 2.49. The fourth-order valence-electron chi connectivity index (χ4n) is 7.17. The van der Waals surface area contributed by atoms with Gasteiger partial charge in [0.2, 0.25) is 0 Å². The van der Waals surface area contributed by atoms with Gasteiger partial charge in [-0.2, -0.15) is 0 Å². The molecule has 5 atom stereocenters. The van der Waals surface area contributed by atoms with Gasteiger partial charge in [-0.3, -0.25) is 14.5 Å². The molecule has 10 nitrogen and oxygen atoms in total. The lowest BCUT2D eigenvalue weighted by Gasteiger charge is -2.45. The summed E-state index contributed by atoms with van der Waals surface area (Å²) in [6.45, 7) is 21.5. The lowest BCUT2D eigenvalue weighted by molar-refractivity contribution is 0.000337. The molecule has 2 aromatic carbocycles. The molecular weight excluding hydrogens is 725 g/mol. The first kappa shape index (κ1) is 44.3. The standard InChI is InChI=1S/C42H63F2N3O7Si/c1-12-16-52-34-24-36(47(25-34)40(50)53-41(3,4)5)37(54-55(10,11)42(6,7)8)35(21-28-19-31(43)23-32(44)20-28)45-38(48)29-17-27(2)18-30(22-29)39(49)46-15-13-14-33(46)26-51-9/h17-20,22-23,33-37H,12-16,21,24-26H2,1-11H3,(H,45,48)/t33-,34?,35+,36?,37+/m1/s1. The zero-order valence-corrected chi connectivity index (χ0v) is 35.7. The van der Waals surface area contributed by atoms with Crippen LogP contribution in [0, 0.1) is 18.6 Å². The van der Waals surface area contributed by atoms with Crippen LogP contribution in [-0.4, -0.2) is 105 Å². The molecule has 2 saturated heterocycles. The summed E-state index contributed by atoms with van der Waals surface area (Å²) in [5.41, 5.74) is 0.885. The minimum Gasteiger partial charge on any atom is -0.444 e. The van der Waals surface area contributed by atoms with Gasteiger partial charge in [-0.25, -0.2) is 13.6 Å². The first-order chi connectivity index (χ1) is 25.6. The summed E-state index contributed by atoms with van der Waals surface area (Å²) in [5.74, 6) is -2.16. The topological polar surface area (TPSA) is 107 Å². The van der Waals surface area contributed by atoms with Crippen LogP contribution in [0.15, 0.2) is 36.4 Å². The van der Waals surface area contributed by atoms with Gasteiger partial charge in [0.05, 0.1) is 43.5 Å². The van der Waals surface area contributed by atoms with Crippen molar-refractivity contribution in [1.82, 2.24) is 15.1 Å². The van der Waals surface area contributed by atoms with Gasteiger partial charge >= 0.3 is 6.09 Å². The van der Waals surface area contributed by atoms with Gasteiger partial charge in [-0.1, -0.05) is 27.7 Å². The van der Waals surface area contributed by atoms with E-state index < -0.39 is 55.7 Å². The lowest BCUT2D eigenvalue weighted by atomic mass is 9.94. The molecule has 306 valence electrons. The third-order valence-corrected chi connectivity index (χ3v) is 15.3. The monoisotopic (exact) mass is 787 g/mol. The van der Waals surface area contributed by atoms with Crippen LogP contribution in [0.2, 0.25) is 18.1 Å². The highest BCUT2D eigenvalue weighted by atomic mass is 28.4. The molecule has 3 amide bonds. The van der Waals surface area contributed by atoms with Gasteiger partial charge in [0.25, 0.3) is 11.8 Å². The zero-order chi connectivity index (χ0) is 40.9. The predicted molar refractivity (Wildman–Crippen MR) is 212 cm³/mol. The molecule has 4 rings (SSSR count). The van der Waals surface area contributed by atoms with Crippen molar-refractivity contribution in [2.24, 2.45) is 0 Å². The molecule has 0 bridgehead atoms. The van der Waals surface area contributed by atoms with Crippen LogP contribution >= 0.6 is 0 Å². The maximum Gasteiger partial charge on any atom is 0.410 e. The average molecular weight is 788 g/mol. The third-order valence-electron chi connectivity index (χ3n) is 10.8. The molecule has 1 N–H and O–H groups in total. The van der Waals surface area contributed by atoms with Crippen molar-refractivity contribution in [3.05, 3.63) is 70.3 Å². The van der Waals surface area contributed by atoms with Gasteiger partial charge < -0.3 is 28.9 Å². The van der Waals surface area contributed by atoms with Crippen LogP contribution in [0.1, 0.15) is 106 Å². The van der Waals surface area contributed by atoms with Gasteiger partial charge in [-0.15, -0.1) is 0 Å². The Labute approximate surface area is 327 Å². The lowest BCUT2D eigenvalue weighted by Crippen LogP contribution is -2.60. The minimum atomic E-state index is -2.67. The van der Waals surface area contributed by atoms with Crippen molar-refractivity contribution in [3.8, 4) is 0 Å². The number of likely N-dealkylation sites (tertiary alicyclic amines) is 2. The summed E-state index contributed by atoms with van der Waals surface area (Å²) < 4.78 is 54.1. The number of hydrogen-bond acceptors (Lipinski definition) is 7. The third kappa shape index (κ3) is 11.8. The molecule has 2 aromatic rings. The van der Waals surface area contributed by atoms with Crippen LogP contribution in [0.5, 0.6) is 0 Å². The minimum absolute atomic E-state index is 0.0110. The molecule has 2 aliphatic rings. The summed E-state index contributed by atoms with van der Waals surface area (Å²) in [5, 5.41) is 2.90. The Morgan fingerprint density at radius 2 is 1.62 bits per heavy atom. The number of methoxy groups -OCH3 is 1. The summed E-state index contributed by atoms with van der Waals surface area (Å²) in [6.07, 6.45) is 1.15. The average Bonchev–Trinajstić information content (AvgIpc) is 3.71. The molecule has 2 fully saturated rings. The van der Waals surface area contributed by atoms with Crippen LogP contribution < -0.4 is 5.32 Å². The number of nitrogens with one attached hydrogen (secondary N) is 1. The van der Waals surface area contributed by atoms with Crippen LogP contribution in [0.25, 0.3) is 0 Å². The van der Waals surface area contributed by atoms with E-state index in [4.69, 9.17) is 18.6 Å². The number of carbonyl (C=O) groups is 3. The van der Waals surface area contributed by atoms with E-state index in [1.54, 1.807) is 55.9 Å². The van der Waals surface area contributed by atoms with Gasteiger partial charge in [-0.05, 0) is 119 Å². The van der Waals surface area contributed by atoms with Crippen LogP contribution in [0.4, 0.5) is 13.6 Å². The maximum absolute atomic E-state index is 14.7. The largest absolute Gasteiger partial charge is 0.444 e. The van der Waals surface area contributed by atoms with Crippen molar-refractivity contribution in [3.63, 3.8) is 0 Å². The fourth-order valence-corrected chi connectivity index (χ4v) is 8.53. The van der Waals surface area contributed by atoms with Crippen molar-refractivity contribution in [2.45, 2.75) is 142 Å². The second-order valence-electron chi connectivity index (χ2n) is 17.7. The maximum atomic E-state index is 14.7. The highest BCUT2D eigenvalue weighted by molar-refractivity contribution is 6.74. The van der Waals surface area contributed by atoms with E-state index in [2.05, 4.69) is 39.2 Å². The first-order valence-electron chi connectivity index (χ1n) is 19.6.